The minimum Gasteiger partial charge on any atom is -0.497 e. The zero-order valence-corrected chi connectivity index (χ0v) is 31.3. The first-order valence-corrected chi connectivity index (χ1v) is 20.9. The summed E-state index contributed by atoms with van der Waals surface area (Å²) in [5.41, 5.74) is 2.93. The van der Waals surface area contributed by atoms with E-state index in [1.807, 2.05) is 104 Å². The number of anilines is 2. The maximum absolute atomic E-state index is 16.5. The molecule has 1 fully saturated rings. The van der Waals surface area contributed by atoms with Gasteiger partial charge in [-0.25, -0.2) is 0 Å². The van der Waals surface area contributed by atoms with Crippen LogP contribution in [0.1, 0.15) is 52.0 Å². The summed E-state index contributed by atoms with van der Waals surface area (Å²) in [7, 11) is -1.84. The third kappa shape index (κ3) is 6.89. The highest BCUT2D eigenvalue weighted by Gasteiger charge is 2.66. The normalized spacial score (nSPS) is 21.5. The Bertz CT molecular complexity index is 2090. The lowest BCUT2D eigenvalue weighted by Gasteiger charge is -2.31. The first-order valence-electron chi connectivity index (χ1n) is 17.9. The zero-order valence-electron chi connectivity index (χ0n) is 30.3. The third-order valence-electron chi connectivity index (χ3n) is 10.7. The van der Waals surface area contributed by atoms with Crippen LogP contribution in [0.3, 0.4) is 0 Å². The van der Waals surface area contributed by atoms with Gasteiger partial charge in [0.15, 0.2) is 5.60 Å². The molecule has 7 rings (SSSR count). The number of amides is 2. The molecule has 2 aliphatic rings. The fraction of sp³-hybridized carbons (Fsp3) is 0.317. The van der Waals surface area contributed by atoms with Crippen LogP contribution in [0, 0.1) is 5.92 Å². The molecule has 53 heavy (non-hydrogen) atoms. The van der Waals surface area contributed by atoms with Crippen LogP contribution in [0.2, 0.25) is 18.6 Å². The molecular weight excluding hydrogens is 690 g/mol. The largest absolute Gasteiger partial charge is 0.497 e. The maximum atomic E-state index is 16.5. The van der Waals surface area contributed by atoms with Gasteiger partial charge in [-0.2, -0.15) is 0 Å². The molecule has 1 spiro atoms. The van der Waals surface area contributed by atoms with Gasteiger partial charge in [0.2, 0.25) is 8.41 Å². The van der Waals surface area contributed by atoms with E-state index in [0.717, 1.165) is 11.1 Å². The second kappa shape index (κ2) is 14.7. The van der Waals surface area contributed by atoms with Crippen molar-refractivity contribution in [1.82, 2.24) is 15.0 Å². The molecule has 4 aromatic carbocycles. The van der Waals surface area contributed by atoms with Crippen LogP contribution < -0.4 is 15.0 Å². The Hall–Kier alpha value is -5.17. The average molecular weight is 734 g/mol. The number of nitrogens with zero attached hydrogens (tertiary/aromatic N) is 4. The van der Waals surface area contributed by atoms with Crippen LogP contribution in [0.25, 0.3) is 0 Å². The molecule has 0 radical (unpaired) electrons. The minimum atomic E-state index is -3.41. The topological polar surface area (TPSA) is 119 Å². The molecule has 274 valence electrons. The summed E-state index contributed by atoms with van der Waals surface area (Å²) < 4.78 is 30.7. The van der Waals surface area contributed by atoms with Crippen molar-refractivity contribution in [3.63, 3.8) is 0 Å². The Morgan fingerprint density at radius 2 is 1.77 bits per heavy atom. The van der Waals surface area contributed by atoms with E-state index in [1.165, 1.54) is 0 Å². The number of benzene rings is 4. The summed E-state index contributed by atoms with van der Waals surface area (Å²) in [5.74, 6) is -0.721. The highest BCUT2D eigenvalue weighted by Crippen LogP contribution is 2.60. The van der Waals surface area contributed by atoms with Gasteiger partial charge >= 0.3 is 0 Å². The number of rotatable bonds is 12. The van der Waals surface area contributed by atoms with Crippen molar-refractivity contribution in [2.24, 2.45) is 5.92 Å². The van der Waals surface area contributed by atoms with Gasteiger partial charge in [-0.05, 0) is 73.1 Å². The van der Waals surface area contributed by atoms with Gasteiger partial charge in [-0.3, -0.25) is 14.3 Å². The Morgan fingerprint density at radius 1 is 1.04 bits per heavy atom. The molecule has 5 aromatic rings. The van der Waals surface area contributed by atoms with E-state index < -0.39 is 31.6 Å². The lowest BCUT2D eigenvalue weighted by molar-refractivity contribution is -0.146. The molecule has 3 heterocycles. The molecule has 5 atom stereocenters. The number of halogens is 1. The van der Waals surface area contributed by atoms with Crippen LogP contribution in [0.5, 0.6) is 5.75 Å². The molecule has 10 nitrogen and oxygen atoms in total. The number of hydrogen-bond acceptors (Lipinski definition) is 7. The third-order valence-corrected chi connectivity index (χ3v) is 13.1. The second-order valence-corrected chi connectivity index (χ2v) is 18.2. The van der Waals surface area contributed by atoms with Crippen LogP contribution in [0.4, 0.5) is 15.5 Å². The van der Waals surface area contributed by atoms with E-state index in [9.17, 15) is 14.7 Å². The van der Waals surface area contributed by atoms with E-state index in [4.69, 9.17) is 9.47 Å². The van der Waals surface area contributed by atoms with E-state index in [1.54, 1.807) is 41.9 Å². The van der Waals surface area contributed by atoms with E-state index >= 15 is 4.11 Å². The number of aromatic nitrogens is 3. The summed E-state index contributed by atoms with van der Waals surface area (Å²) in [6.07, 6.45) is 1.64. The first-order chi connectivity index (χ1) is 25.5. The van der Waals surface area contributed by atoms with Crippen molar-refractivity contribution in [2.75, 3.05) is 23.9 Å². The number of carbonyl (C=O) groups excluding carboxylic acids is 2. The van der Waals surface area contributed by atoms with Crippen LogP contribution >= 0.6 is 0 Å². The van der Waals surface area contributed by atoms with Gasteiger partial charge in [-0.15, -0.1) is 5.10 Å². The first kappa shape index (κ1) is 36.2. The lowest BCUT2D eigenvalue weighted by atomic mass is 9.82. The van der Waals surface area contributed by atoms with Crippen molar-refractivity contribution in [2.45, 2.75) is 62.7 Å². The number of carbonyl (C=O) groups is 2. The predicted molar refractivity (Wildman–Crippen MR) is 203 cm³/mol. The number of methoxy groups -OCH3 is 1. The minimum absolute atomic E-state index is 0.119. The van der Waals surface area contributed by atoms with Crippen LogP contribution in [0.15, 0.2) is 109 Å². The van der Waals surface area contributed by atoms with Gasteiger partial charge < -0.3 is 28.9 Å². The molecule has 12 heteroatoms. The monoisotopic (exact) mass is 733 g/mol. The van der Waals surface area contributed by atoms with E-state index in [0.29, 0.717) is 46.9 Å². The van der Waals surface area contributed by atoms with E-state index in [-0.39, 0.29) is 30.9 Å². The standard InChI is InChI=1S/C41H44FN5O5Si/c1-27-38(53(3,4)42)37(20-21-46-25-35(44-45-46)33(26-48)29-13-7-5-8-14-29)52-41(27)34-23-32(51-2)18-19-36(34)47(40(41)50)24-28-12-11-17-31(22-28)43-39(49)30-15-9-6-10-16-30/h5-19,22-23,25,27,33,37-38,48H,20-21,24,26H2,1-4H3,(H,43,49)/t27-,33?,37+,38-,41+/m0/s1. The quantitative estimate of drug-likeness (QED) is 0.104. The Morgan fingerprint density at radius 3 is 2.47 bits per heavy atom. The Kier molecular flexibility index (Phi) is 10.0. The van der Waals surface area contributed by atoms with Crippen LogP contribution in [-0.4, -0.2) is 60.1 Å². The smallest absolute Gasteiger partial charge is 0.264 e. The number of nitrogens with one attached hydrogen (secondary N) is 1. The Balaban J connectivity index is 1.16. The molecule has 1 saturated heterocycles. The molecule has 0 aliphatic carbocycles. The molecule has 1 unspecified atom stereocenters. The second-order valence-electron chi connectivity index (χ2n) is 14.4. The molecule has 1 aromatic heterocycles. The van der Waals surface area contributed by atoms with Crippen molar-refractivity contribution in [3.05, 3.63) is 137 Å². The summed E-state index contributed by atoms with van der Waals surface area (Å²) in [6, 6.07) is 31.6. The molecule has 0 bridgehead atoms. The highest BCUT2D eigenvalue weighted by atomic mass is 28.4. The van der Waals surface area contributed by atoms with Gasteiger partial charge in [0.1, 0.15) is 5.75 Å². The molecule has 0 saturated carbocycles. The average Bonchev–Trinajstić information content (AvgIpc) is 3.82. The SMILES string of the molecule is COc1ccc2c(c1)[C@@]1(O[C@H](CCn3cc(C(CO)c4ccccc4)nn3)[C@@H]([Si](C)(C)F)[C@@H]1C)C(=O)N2Cc1cccc(NC(=O)c2ccccc2)c1. The van der Waals surface area contributed by atoms with Crippen molar-refractivity contribution < 1.29 is 28.3 Å². The highest BCUT2D eigenvalue weighted by molar-refractivity contribution is 6.72. The predicted octanol–water partition coefficient (Wildman–Crippen LogP) is 7.08. The van der Waals surface area contributed by atoms with Crippen molar-refractivity contribution in [3.8, 4) is 5.75 Å². The van der Waals surface area contributed by atoms with Crippen LogP contribution in [-0.2, 0) is 28.2 Å². The van der Waals surface area contributed by atoms with Crippen molar-refractivity contribution >= 4 is 31.6 Å². The molecular formula is C41H44FN5O5Si. The lowest BCUT2D eigenvalue weighted by Crippen LogP contribution is -2.45. The molecule has 2 aliphatic heterocycles. The van der Waals surface area contributed by atoms with Gasteiger partial charge in [0.05, 0.1) is 43.7 Å². The number of hydrogen-bond donors (Lipinski definition) is 2. The zero-order chi connectivity index (χ0) is 37.3. The van der Waals surface area contributed by atoms with E-state index in [2.05, 4.69) is 15.6 Å². The summed E-state index contributed by atoms with van der Waals surface area (Å²) in [5, 5.41) is 21.8. The number of aliphatic hydroxyl groups is 1. The Labute approximate surface area is 309 Å². The molecule has 2 amide bonds. The fourth-order valence-corrected chi connectivity index (χ4v) is 10.7. The van der Waals surface area contributed by atoms with Gasteiger partial charge in [-0.1, -0.05) is 72.8 Å². The number of aryl methyl sites for hydroxylation is 1. The van der Waals surface area contributed by atoms with Gasteiger partial charge in [0.25, 0.3) is 11.8 Å². The number of aliphatic hydroxyl groups excluding tert-OH is 1. The maximum Gasteiger partial charge on any atom is 0.264 e. The number of ether oxygens (including phenoxy) is 2. The van der Waals surface area contributed by atoms with Crippen molar-refractivity contribution in [1.29, 1.82) is 0 Å². The summed E-state index contributed by atoms with van der Waals surface area (Å²) >= 11 is 0. The summed E-state index contributed by atoms with van der Waals surface area (Å²) in [4.78, 5) is 29.5. The number of fused-ring (bicyclic) bond motifs is 2. The summed E-state index contributed by atoms with van der Waals surface area (Å²) in [6.45, 7) is 5.78. The fourth-order valence-electron chi connectivity index (χ4n) is 8.20. The molecule has 2 N–H and O–H groups in total. The van der Waals surface area contributed by atoms with Gasteiger partial charge in [0, 0.05) is 41.0 Å².